The first-order valence-corrected chi connectivity index (χ1v) is 6.87. The lowest BCUT2D eigenvalue weighted by atomic mass is 10.1. The number of anilines is 2. The zero-order valence-corrected chi connectivity index (χ0v) is 10.9. The van der Waals surface area contributed by atoms with Crippen LogP contribution in [0, 0.1) is 0 Å². The Hall–Kier alpha value is -1.19. The average Bonchev–Trinajstić information content (AvgIpc) is 2.97. The highest BCUT2D eigenvalue weighted by Crippen LogP contribution is 2.36. The van der Waals surface area contributed by atoms with Crippen LogP contribution >= 0.6 is 0 Å². The predicted octanol–water partition coefficient (Wildman–Crippen LogP) is 2.16. The SMILES string of the molecule is CCc1nn(C)c2c1NCCN2C1CCCC1. The van der Waals surface area contributed by atoms with Crippen molar-refractivity contribution in [1.29, 1.82) is 0 Å². The van der Waals surface area contributed by atoms with Gasteiger partial charge in [0.2, 0.25) is 0 Å². The molecule has 3 rings (SSSR count). The zero-order valence-electron chi connectivity index (χ0n) is 10.9. The smallest absolute Gasteiger partial charge is 0.150 e. The molecule has 0 atom stereocenters. The summed E-state index contributed by atoms with van der Waals surface area (Å²) in [5, 5.41) is 8.18. The van der Waals surface area contributed by atoms with Gasteiger partial charge in [-0.15, -0.1) is 0 Å². The molecule has 4 nitrogen and oxygen atoms in total. The monoisotopic (exact) mass is 234 g/mol. The molecule has 0 saturated heterocycles. The van der Waals surface area contributed by atoms with Gasteiger partial charge in [0.05, 0.1) is 5.69 Å². The summed E-state index contributed by atoms with van der Waals surface area (Å²) in [6.07, 6.45) is 6.50. The summed E-state index contributed by atoms with van der Waals surface area (Å²) in [5.41, 5.74) is 2.50. The van der Waals surface area contributed by atoms with Gasteiger partial charge < -0.3 is 10.2 Å². The first-order valence-electron chi connectivity index (χ1n) is 6.87. The van der Waals surface area contributed by atoms with Gasteiger partial charge in [0.15, 0.2) is 5.82 Å². The molecule has 1 aromatic heterocycles. The van der Waals surface area contributed by atoms with E-state index in [1.54, 1.807) is 0 Å². The van der Waals surface area contributed by atoms with E-state index in [0.29, 0.717) is 0 Å². The summed E-state index contributed by atoms with van der Waals surface area (Å²) < 4.78 is 2.07. The Bertz CT molecular complexity index is 404. The largest absolute Gasteiger partial charge is 0.379 e. The topological polar surface area (TPSA) is 33.1 Å². The molecule has 1 aliphatic heterocycles. The highest BCUT2D eigenvalue weighted by atomic mass is 15.4. The molecule has 2 aliphatic rings. The van der Waals surface area contributed by atoms with Gasteiger partial charge in [0, 0.05) is 26.2 Å². The van der Waals surface area contributed by atoms with Crippen LogP contribution < -0.4 is 10.2 Å². The molecule has 0 radical (unpaired) electrons. The lowest BCUT2D eigenvalue weighted by Gasteiger charge is -2.35. The van der Waals surface area contributed by atoms with Crippen molar-refractivity contribution < 1.29 is 0 Å². The fourth-order valence-corrected chi connectivity index (χ4v) is 3.31. The summed E-state index contributed by atoms with van der Waals surface area (Å²) >= 11 is 0. The second-order valence-electron chi connectivity index (χ2n) is 5.18. The third-order valence-corrected chi connectivity index (χ3v) is 4.12. The van der Waals surface area contributed by atoms with Crippen molar-refractivity contribution in [3.8, 4) is 0 Å². The van der Waals surface area contributed by atoms with Crippen LogP contribution in [0.4, 0.5) is 11.5 Å². The van der Waals surface area contributed by atoms with Crippen LogP contribution in [0.3, 0.4) is 0 Å². The Morgan fingerprint density at radius 1 is 1.35 bits per heavy atom. The normalized spacial score (nSPS) is 20.5. The fraction of sp³-hybridized carbons (Fsp3) is 0.769. The van der Waals surface area contributed by atoms with Crippen molar-refractivity contribution in [2.45, 2.75) is 45.1 Å². The first-order chi connectivity index (χ1) is 8.31. The Labute approximate surface area is 103 Å². The van der Waals surface area contributed by atoms with Gasteiger partial charge in [-0.25, -0.2) is 0 Å². The maximum Gasteiger partial charge on any atom is 0.150 e. The fourth-order valence-electron chi connectivity index (χ4n) is 3.31. The summed E-state index contributed by atoms with van der Waals surface area (Å²) in [6, 6.07) is 0.746. The molecule has 1 aliphatic carbocycles. The molecule has 0 unspecified atom stereocenters. The van der Waals surface area contributed by atoms with Crippen molar-refractivity contribution in [2.75, 3.05) is 23.3 Å². The molecular weight excluding hydrogens is 212 g/mol. The maximum atomic E-state index is 4.64. The maximum absolute atomic E-state index is 4.64. The second kappa shape index (κ2) is 4.24. The molecule has 94 valence electrons. The molecule has 1 aromatic rings. The van der Waals surface area contributed by atoms with Crippen LogP contribution in [0.2, 0.25) is 0 Å². The van der Waals surface area contributed by atoms with E-state index in [1.165, 1.54) is 42.9 Å². The van der Waals surface area contributed by atoms with Crippen molar-refractivity contribution in [3.05, 3.63) is 5.69 Å². The van der Waals surface area contributed by atoms with E-state index in [9.17, 15) is 0 Å². The van der Waals surface area contributed by atoms with Gasteiger partial charge in [-0.2, -0.15) is 5.10 Å². The Balaban J connectivity index is 1.98. The summed E-state index contributed by atoms with van der Waals surface area (Å²) in [7, 11) is 2.08. The molecule has 17 heavy (non-hydrogen) atoms. The van der Waals surface area contributed by atoms with Crippen LogP contribution in [0.25, 0.3) is 0 Å². The quantitative estimate of drug-likeness (QED) is 0.851. The zero-order chi connectivity index (χ0) is 11.8. The number of aryl methyl sites for hydroxylation is 2. The van der Waals surface area contributed by atoms with Crippen LogP contribution in [0.5, 0.6) is 0 Å². The third kappa shape index (κ3) is 1.70. The molecule has 1 fully saturated rings. The Morgan fingerprint density at radius 3 is 2.82 bits per heavy atom. The van der Waals surface area contributed by atoms with E-state index >= 15 is 0 Å². The van der Waals surface area contributed by atoms with Crippen molar-refractivity contribution in [2.24, 2.45) is 7.05 Å². The van der Waals surface area contributed by atoms with E-state index in [0.717, 1.165) is 25.6 Å². The standard InChI is InChI=1S/C13H22N4/c1-3-11-12-13(16(2)15-11)17(9-8-14-12)10-6-4-5-7-10/h10,14H,3-9H2,1-2H3. The molecule has 2 heterocycles. The van der Waals surface area contributed by atoms with Gasteiger partial charge in [-0.1, -0.05) is 19.8 Å². The Morgan fingerprint density at radius 2 is 2.12 bits per heavy atom. The molecule has 0 bridgehead atoms. The van der Waals surface area contributed by atoms with E-state index in [-0.39, 0.29) is 0 Å². The highest BCUT2D eigenvalue weighted by molar-refractivity contribution is 5.72. The average molecular weight is 234 g/mol. The molecule has 0 aromatic carbocycles. The molecule has 0 amide bonds. The molecular formula is C13H22N4. The van der Waals surface area contributed by atoms with E-state index in [2.05, 4.69) is 34.0 Å². The van der Waals surface area contributed by atoms with Crippen molar-refractivity contribution in [1.82, 2.24) is 9.78 Å². The highest BCUT2D eigenvalue weighted by Gasteiger charge is 2.30. The number of hydrogen-bond donors (Lipinski definition) is 1. The van der Waals surface area contributed by atoms with Gasteiger partial charge in [-0.3, -0.25) is 4.68 Å². The predicted molar refractivity (Wildman–Crippen MR) is 70.7 cm³/mol. The van der Waals surface area contributed by atoms with Crippen LogP contribution in [0.15, 0.2) is 0 Å². The lowest BCUT2D eigenvalue weighted by molar-refractivity contribution is 0.580. The van der Waals surface area contributed by atoms with Crippen molar-refractivity contribution >= 4 is 11.5 Å². The minimum Gasteiger partial charge on any atom is -0.379 e. The van der Waals surface area contributed by atoms with E-state index in [1.807, 2.05) is 0 Å². The van der Waals surface area contributed by atoms with Crippen LogP contribution in [0.1, 0.15) is 38.3 Å². The van der Waals surface area contributed by atoms with Gasteiger partial charge in [0.25, 0.3) is 0 Å². The van der Waals surface area contributed by atoms with Gasteiger partial charge in [-0.05, 0) is 19.3 Å². The van der Waals surface area contributed by atoms with E-state index < -0.39 is 0 Å². The lowest BCUT2D eigenvalue weighted by Crippen LogP contribution is -2.41. The molecule has 0 spiro atoms. The van der Waals surface area contributed by atoms with Crippen molar-refractivity contribution in [3.63, 3.8) is 0 Å². The van der Waals surface area contributed by atoms with Gasteiger partial charge >= 0.3 is 0 Å². The number of nitrogens with one attached hydrogen (secondary N) is 1. The molecule has 4 heteroatoms. The number of aromatic nitrogens is 2. The van der Waals surface area contributed by atoms with Crippen LogP contribution in [-0.2, 0) is 13.5 Å². The summed E-state index contributed by atoms with van der Waals surface area (Å²) in [5.74, 6) is 1.32. The number of nitrogens with zero attached hydrogens (tertiary/aromatic N) is 3. The van der Waals surface area contributed by atoms with Gasteiger partial charge in [0.1, 0.15) is 5.69 Å². The Kier molecular flexibility index (Phi) is 2.73. The van der Waals surface area contributed by atoms with E-state index in [4.69, 9.17) is 0 Å². The number of rotatable bonds is 2. The number of fused-ring (bicyclic) bond motifs is 1. The second-order valence-corrected chi connectivity index (χ2v) is 5.18. The third-order valence-electron chi connectivity index (χ3n) is 4.12. The minimum atomic E-state index is 0.746. The molecule has 1 saturated carbocycles. The summed E-state index contributed by atoms with van der Waals surface area (Å²) in [4.78, 5) is 2.59. The first kappa shape index (κ1) is 10.9. The van der Waals surface area contributed by atoms with Crippen LogP contribution in [-0.4, -0.2) is 28.9 Å². The number of hydrogen-bond acceptors (Lipinski definition) is 3. The summed E-state index contributed by atoms with van der Waals surface area (Å²) in [6.45, 7) is 4.36. The minimum absolute atomic E-state index is 0.746. The molecule has 1 N–H and O–H groups in total.